The maximum atomic E-state index is 10.1. The molecular weight excluding hydrogens is 921 g/mol. The first-order valence-electron chi connectivity index (χ1n) is 25.6. The SMILES string of the molecule is N#Cc1ccc(-c2cccc(-c3ccc4c5ccccc5c5ccccc5c4c3)c2)c(-c2ccc(-c3ccc(-c4nc(-c5ccccc5)nc(-c5ccc(-c6cc7ccccc7c7ccccc67)cc5)n4)cc3)cc2)c1. The molecule has 352 valence electrons. The smallest absolute Gasteiger partial charge is 0.164 e. The molecule has 4 heteroatoms. The van der Waals surface area contributed by atoms with Crippen molar-refractivity contribution in [3.05, 3.63) is 272 Å². The summed E-state index contributed by atoms with van der Waals surface area (Å²) in [6.07, 6.45) is 0. The van der Waals surface area contributed by atoms with E-state index in [4.69, 9.17) is 15.0 Å². The van der Waals surface area contributed by atoms with Crippen molar-refractivity contribution in [2.24, 2.45) is 0 Å². The van der Waals surface area contributed by atoms with Crippen molar-refractivity contribution in [3.8, 4) is 95.9 Å². The van der Waals surface area contributed by atoms with Crippen molar-refractivity contribution in [3.63, 3.8) is 0 Å². The summed E-state index contributed by atoms with van der Waals surface area (Å²) in [5.41, 5.74) is 14.3. The van der Waals surface area contributed by atoms with Crippen LogP contribution in [0, 0.1) is 11.3 Å². The number of hydrogen-bond donors (Lipinski definition) is 0. The van der Waals surface area contributed by atoms with E-state index in [1.807, 2.05) is 42.5 Å². The molecule has 14 aromatic rings. The summed E-state index contributed by atoms with van der Waals surface area (Å²) in [6, 6.07) is 96.6. The Balaban J connectivity index is 0.767. The van der Waals surface area contributed by atoms with Gasteiger partial charge < -0.3 is 0 Å². The second kappa shape index (κ2) is 18.6. The average molecular weight is 965 g/mol. The Morgan fingerprint density at radius 3 is 1.22 bits per heavy atom. The van der Waals surface area contributed by atoms with Gasteiger partial charge in [-0.25, -0.2) is 15.0 Å². The zero-order valence-electron chi connectivity index (χ0n) is 41.2. The lowest BCUT2D eigenvalue weighted by Crippen LogP contribution is -2.00. The molecule has 1 heterocycles. The van der Waals surface area contributed by atoms with Crippen molar-refractivity contribution in [2.45, 2.75) is 0 Å². The van der Waals surface area contributed by atoms with Gasteiger partial charge in [0.2, 0.25) is 0 Å². The zero-order valence-corrected chi connectivity index (χ0v) is 41.2. The Labute approximate surface area is 440 Å². The fraction of sp³-hybridized carbons (Fsp3) is 0. The number of fused-ring (bicyclic) bond motifs is 9. The molecule has 0 aliphatic heterocycles. The van der Waals surface area contributed by atoms with E-state index in [1.165, 1.54) is 59.4 Å². The molecule has 0 aliphatic carbocycles. The second-order valence-electron chi connectivity index (χ2n) is 19.4. The molecule has 13 aromatic carbocycles. The highest BCUT2D eigenvalue weighted by atomic mass is 15.0. The summed E-state index contributed by atoms with van der Waals surface area (Å²) >= 11 is 0. The fourth-order valence-corrected chi connectivity index (χ4v) is 11.2. The molecule has 0 N–H and O–H groups in total. The van der Waals surface area contributed by atoms with E-state index in [2.05, 4.69) is 231 Å². The Hall–Kier alpha value is -10.3. The van der Waals surface area contributed by atoms with E-state index in [1.54, 1.807) is 0 Å². The third-order valence-electron chi connectivity index (χ3n) is 15.0. The number of nitrogens with zero attached hydrogens (tertiary/aromatic N) is 4. The highest BCUT2D eigenvalue weighted by molar-refractivity contribution is 6.25. The zero-order chi connectivity index (χ0) is 50.5. The average Bonchev–Trinajstić information content (AvgIpc) is 3.51. The second-order valence-corrected chi connectivity index (χ2v) is 19.4. The topological polar surface area (TPSA) is 62.5 Å². The Morgan fingerprint density at radius 2 is 0.632 bits per heavy atom. The summed E-state index contributed by atoms with van der Waals surface area (Å²) in [5.74, 6) is 1.83. The molecule has 4 nitrogen and oxygen atoms in total. The van der Waals surface area contributed by atoms with Crippen LogP contribution in [-0.4, -0.2) is 15.0 Å². The van der Waals surface area contributed by atoms with Gasteiger partial charge in [0.25, 0.3) is 0 Å². The van der Waals surface area contributed by atoms with Crippen molar-refractivity contribution >= 4 is 53.9 Å². The minimum Gasteiger partial charge on any atom is -0.208 e. The summed E-state index contributed by atoms with van der Waals surface area (Å²) in [6.45, 7) is 0. The van der Waals surface area contributed by atoms with Gasteiger partial charge >= 0.3 is 0 Å². The lowest BCUT2D eigenvalue weighted by molar-refractivity contribution is 1.07. The molecule has 0 saturated heterocycles. The molecule has 0 amide bonds. The monoisotopic (exact) mass is 964 g/mol. The van der Waals surface area contributed by atoms with Gasteiger partial charge in [0.15, 0.2) is 17.5 Å². The summed E-state index contributed by atoms with van der Waals surface area (Å²) in [7, 11) is 0. The molecule has 0 saturated carbocycles. The maximum Gasteiger partial charge on any atom is 0.164 e. The predicted octanol–water partition coefficient (Wildman–Crippen LogP) is 18.8. The van der Waals surface area contributed by atoms with Gasteiger partial charge in [-0.15, -0.1) is 0 Å². The normalized spacial score (nSPS) is 11.4. The fourth-order valence-electron chi connectivity index (χ4n) is 11.2. The summed E-state index contributed by atoms with van der Waals surface area (Å²) in [5, 5.41) is 22.6. The van der Waals surface area contributed by atoms with E-state index in [-0.39, 0.29) is 0 Å². The molecular formula is C72H44N4. The van der Waals surface area contributed by atoms with E-state index >= 15 is 0 Å². The first-order valence-corrected chi connectivity index (χ1v) is 25.6. The quantitative estimate of drug-likeness (QED) is 0.142. The van der Waals surface area contributed by atoms with Crippen LogP contribution >= 0.6 is 0 Å². The lowest BCUT2D eigenvalue weighted by Gasteiger charge is -2.14. The number of rotatable bonds is 8. The van der Waals surface area contributed by atoms with Gasteiger partial charge in [-0.05, 0) is 140 Å². The number of aromatic nitrogens is 3. The molecule has 0 bridgehead atoms. The van der Waals surface area contributed by atoms with Crippen LogP contribution in [-0.2, 0) is 0 Å². The van der Waals surface area contributed by atoms with E-state index < -0.39 is 0 Å². The Bertz CT molecular complexity index is 4580. The molecule has 14 rings (SSSR count). The van der Waals surface area contributed by atoms with Gasteiger partial charge in [-0.2, -0.15) is 5.26 Å². The van der Waals surface area contributed by atoms with Crippen LogP contribution in [0.15, 0.2) is 267 Å². The van der Waals surface area contributed by atoms with Crippen LogP contribution < -0.4 is 0 Å². The summed E-state index contributed by atoms with van der Waals surface area (Å²) < 4.78 is 0. The molecule has 76 heavy (non-hydrogen) atoms. The van der Waals surface area contributed by atoms with E-state index in [0.29, 0.717) is 23.0 Å². The number of benzene rings is 13. The Kier molecular flexibility index (Phi) is 10.9. The van der Waals surface area contributed by atoms with E-state index in [9.17, 15) is 5.26 Å². The largest absolute Gasteiger partial charge is 0.208 e. The third-order valence-corrected chi connectivity index (χ3v) is 15.0. The van der Waals surface area contributed by atoms with Gasteiger partial charge in [0, 0.05) is 16.7 Å². The lowest BCUT2D eigenvalue weighted by atomic mass is 9.89. The van der Waals surface area contributed by atoms with Gasteiger partial charge in [-0.1, -0.05) is 237 Å². The van der Waals surface area contributed by atoms with Crippen LogP contribution in [0.1, 0.15) is 5.56 Å². The van der Waals surface area contributed by atoms with Crippen LogP contribution in [0.5, 0.6) is 0 Å². The number of nitriles is 1. The summed E-state index contributed by atoms with van der Waals surface area (Å²) in [4.78, 5) is 15.2. The molecule has 0 radical (unpaired) electrons. The standard InChI is InChI=1S/C72H44N4/c73-45-46-25-39-59(56-17-12-16-54(42-56)55-38-40-66-63-22-8-7-20-61(63)62-21-9-11-24-65(62)69(66)43-55)67(41-46)49-30-26-47(27-31-49)48-28-34-52(35-29-48)71-74-70(51-13-2-1-3-14-51)75-72(76-71)53-36-32-50(33-37-53)68-44-57-15-4-5-18-58(57)60-19-6-10-23-64(60)68/h1-44H. The van der Waals surface area contributed by atoms with Crippen molar-refractivity contribution in [1.82, 2.24) is 15.0 Å². The van der Waals surface area contributed by atoms with Gasteiger partial charge in [0.1, 0.15) is 0 Å². The molecule has 0 fully saturated rings. The molecule has 0 aliphatic rings. The first kappa shape index (κ1) is 44.4. The van der Waals surface area contributed by atoms with Crippen LogP contribution in [0.25, 0.3) is 144 Å². The van der Waals surface area contributed by atoms with E-state index in [0.717, 1.165) is 66.8 Å². The predicted molar refractivity (Wildman–Crippen MR) is 316 cm³/mol. The number of hydrogen-bond acceptors (Lipinski definition) is 4. The molecule has 1 aromatic heterocycles. The molecule has 0 unspecified atom stereocenters. The maximum absolute atomic E-state index is 10.1. The van der Waals surface area contributed by atoms with Crippen LogP contribution in [0.4, 0.5) is 0 Å². The van der Waals surface area contributed by atoms with Crippen LogP contribution in [0.3, 0.4) is 0 Å². The van der Waals surface area contributed by atoms with Crippen molar-refractivity contribution in [2.75, 3.05) is 0 Å². The highest BCUT2D eigenvalue weighted by Crippen LogP contribution is 2.41. The minimum atomic E-state index is 0.604. The van der Waals surface area contributed by atoms with Gasteiger partial charge in [0.05, 0.1) is 11.6 Å². The minimum absolute atomic E-state index is 0.604. The van der Waals surface area contributed by atoms with Crippen LogP contribution in [0.2, 0.25) is 0 Å². The third kappa shape index (κ3) is 7.92. The van der Waals surface area contributed by atoms with Crippen molar-refractivity contribution < 1.29 is 0 Å². The van der Waals surface area contributed by atoms with Crippen molar-refractivity contribution in [1.29, 1.82) is 5.26 Å². The molecule has 0 atom stereocenters. The van der Waals surface area contributed by atoms with Gasteiger partial charge in [-0.3, -0.25) is 0 Å². The first-order chi connectivity index (χ1) is 37.6. The Morgan fingerprint density at radius 1 is 0.224 bits per heavy atom. The molecule has 0 spiro atoms. The highest BCUT2D eigenvalue weighted by Gasteiger charge is 2.17.